The normalized spacial score (nSPS) is 11.4. The third-order valence-electron chi connectivity index (χ3n) is 3.02. The molecule has 1 aromatic carbocycles. The first-order chi connectivity index (χ1) is 9.50. The Bertz CT molecular complexity index is 566. The Morgan fingerprint density at radius 3 is 2.60 bits per heavy atom. The first-order valence-electron chi connectivity index (χ1n) is 6.58. The minimum Gasteiger partial charge on any atom is -0.364 e. The maximum Gasteiger partial charge on any atom is 0.149 e. The zero-order chi connectivity index (χ0) is 14.6. The molecule has 0 aliphatic heterocycles. The molecule has 0 saturated carbocycles. The maximum absolute atomic E-state index is 5.60. The summed E-state index contributed by atoms with van der Waals surface area (Å²) in [6.07, 6.45) is 0.877. The molecule has 2 rings (SSSR count). The summed E-state index contributed by atoms with van der Waals surface area (Å²) in [5.74, 6) is 0.766. The van der Waals surface area contributed by atoms with Gasteiger partial charge in [0.1, 0.15) is 5.82 Å². The highest BCUT2D eigenvalue weighted by atomic mass is 79.9. The summed E-state index contributed by atoms with van der Waals surface area (Å²) in [4.78, 5) is 0. The highest BCUT2D eigenvalue weighted by molar-refractivity contribution is 9.10. The first-order valence-corrected chi connectivity index (χ1v) is 7.37. The van der Waals surface area contributed by atoms with Crippen LogP contribution in [0, 0.1) is 0 Å². The van der Waals surface area contributed by atoms with Crippen molar-refractivity contribution in [3.05, 3.63) is 40.9 Å². The molecular formula is C15H19BrN4. The molecule has 0 unspecified atom stereocenters. The molecule has 2 aromatic rings. The molecular weight excluding hydrogens is 316 g/mol. The predicted molar refractivity (Wildman–Crippen MR) is 86.5 cm³/mol. The second-order valence-corrected chi connectivity index (χ2v) is 6.28. The van der Waals surface area contributed by atoms with E-state index in [1.165, 1.54) is 0 Å². The third kappa shape index (κ3) is 4.02. The van der Waals surface area contributed by atoms with Gasteiger partial charge in [0.25, 0.3) is 0 Å². The molecule has 0 aliphatic rings. The number of hydrogen-bond donors (Lipinski definition) is 2. The van der Waals surface area contributed by atoms with E-state index in [1.54, 1.807) is 0 Å². The molecule has 4 nitrogen and oxygen atoms in total. The van der Waals surface area contributed by atoms with Crippen molar-refractivity contribution in [2.24, 2.45) is 5.73 Å². The SMILES string of the molecule is CC(C)(CCN)Nc1ccc(-c2cccc(Br)c2)nn1. The largest absolute Gasteiger partial charge is 0.364 e. The number of nitrogens with one attached hydrogen (secondary N) is 1. The van der Waals surface area contributed by atoms with Crippen LogP contribution in [0.2, 0.25) is 0 Å². The van der Waals surface area contributed by atoms with E-state index in [4.69, 9.17) is 5.73 Å². The molecule has 1 heterocycles. The topological polar surface area (TPSA) is 63.8 Å². The van der Waals surface area contributed by atoms with Gasteiger partial charge < -0.3 is 11.1 Å². The Hall–Kier alpha value is -1.46. The summed E-state index contributed by atoms with van der Waals surface area (Å²) in [6.45, 7) is 4.84. The van der Waals surface area contributed by atoms with E-state index >= 15 is 0 Å². The summed E-state index contributed by atoms with van der Waals surface area (Å²) in [5.41, 5.74) is 7.42. The van der Waals surface area contributed by atoms with Crippen LogP contribution in [-0.4, -0.2) is 22.3 Å². The lowest BCUT2D eigenvalue weighted by atomic mass is 10.0. The summed E-state index contributed by atoms with van der Waals surface area (Å²) in [6, 6.07) is 11.9. The van der Waals surface area contributed by atoms with Gasteiger partial charge in [-0.1, -0.05) is 28.1 Å². The maximum atomic E-state index is 5.60. The average Bonchev–Trinajstić information content (AvgIpc) is 2.39. The van der Waals surface area contributed by atoms with Crippen LogP contribution in [0.3, 0.4) is 0 Å². The number of nitrogens with zero attached hydrogens (tertiary/aromatic N) is 2. The number of anilines is 1. The van der Waals surface area contributed by atoms with Crippen molar-refractivity contribution in [3.8, 4) is 11.3 Å². The van der Waals surface area contributed by atoms with E-state index in [0.717, 1.165) is 28.0 Å². The van der Waals surface area contributed by atoms with E-state index in [9.17, 15) is 0 Å². The van der Waals surface area contributed by atoms with Gasteiger partial charge in [0, 0.05) is 15.6 Å². The molecule has 3 N–H and O–H groups in total. The molecule has 0 fully saturated rings. The van der Waals surface area contributed by atoms with Gasteiger partial charge in [-0.2, -0.15) is 0 Å². The van der Waals surface area contributed by atoms with Crippen molar-refractivity contribution >= 4 is 21.7 Å². The minimum atomic E-state index is -0.0826. The predicted octanol–water partition coefficient (Wildman–Crippen LogP) is 3.45. The Morgan fingerprint density at radius 2 is 2.00 bits per heavy atom. The molecule has 20 heavy (non-hydrogen) atoms. The smallest absolute Gasteiger partial charge is 0.149 e. The van der Waals surface area contributed by atoms with Crippen LogP contribution in [0.15, 0.2) is 40.9 Å². The van der Waals surface area contributed by atoms with Crippen LogP contribution in [0.25, 0.3) is 11.3 Å². The van der Waals surface area contributed by atoms with Gasteiger partial charge in [-0.05, 0) is 51.1 Å². The van der Waals surface area contributed by atoms with Gasteiger partial charge in [-0.3, -0.25) is 0 Å². The van der Waals surface area contributed by atoms with Gasteiger partial charge >= 0.3 is 0 Å². The van der Waals surface area contributed by atoms with Gasteiger partial charge in [-0.15, -0.1) is 10.2 Å². The molecule has 0 radical (unpaired) electrons. The average molecular weight is 335 g/mol. The van der Waals surface area contributed by atoms with E-state index in [-0.39, 0.29) is 5.54 Å². The molecule has 1 aromatic heterocycles. The van der Waals surface area contributed by atoms with Crippen molar-refractivity contribution < 1.29 is 0 Å². The highest BCUT2D eigenvalue weighted by Gasteiger charge is 2.16. The monoisotopic (exact) mass is 334 g/mol. The molecule has 5 heteroatoms. The van der Waals surface area contributed by atoms with E-state index in [0.29, 0.717) is 6.54 Å². The van der Waals surface area contributed by atoms with Gasteiger partial charge in [0.2, 0.25) is 0 Å². The summed E-state index contributed by atoms with van der Waals surface area (Å²) in [7, 11) is 0. The fourth-order valence-electron chi connectivity index (χ4n) is 1.97. The number of benzene rings is 1. The number of aromatic nitrogens is 2. The Balaban J connectivity index is 2.14. The Morgan fingerprint density at radius 1 is 1.20 bits per heavy atom. The second kappa shape index (κ2) is 6.33. The van der Waals surface area contributed by atoms with E-state index in [2.05, 4.69) is 45.3 Å². The highest BCUT2D eigenvalue weighted by Crippen LogP contribution is 2.22. The van der Waals surface area contributed by atoms with Gasteiger partial charge in [0.15, 0.2) is 0 Å². The van der Waals surface area contributed by atoms with E-state index in [1.807, 2.05) is 36.4 Å². The van der Waals surface area contributed by atoms with Crippen LogP contribution in [0.4, 0.5) is 5.82 Å². The van der Waals surface area contributed by atoms with Crippen molar-refractivity contribution in [2.75, 3.05) is 11.9 Å². The summed E-state index contributed by atoms with van der Waals surface area (Å²) < 4.78 is 1.03. The van der Waals surface area contributed by atoms with Gasteiger partial charge in [0.05, 0.1) is 5.69 Å². The molecule has 0 amide bonds. The molecule has 0 spiro atoms. The number of halogens is 1. The zero-order valence-electron chi connectivity index (χ0n) is 11.7. The zero-order valence-corrected chi connectivity index (χ0v) is 13.3. The molecule has 0 bridgehead atoms. The van der Waals surface area contributed by atoms with E-state index < -0.39 is 0 Å². The molecule has 106 valence electrons. The number of nitrogens with two attached hydrogens (primary N) is 1. The quantitative estimate of drug-likeness (QED) is 0.878. The lowest BCUT2D eigenvalue weighted by molar-refractivity contribution is 0.523. The van der Waals surface area contributed by atoms with Gasteiger partial charge in [-0.25, -0.2) is 0 Å². The Kier molecular flexibility index (Phi) is 4.73. The first kappa shape index (κ1) is 14.9. The Labute approximate surface area is 127 Å². The lowest BCUT2D eigenvalue weighted by Crippen LogP contribution is -2.33. The van der Waals surface area contributed by atoms with Crippen LogP contribution >= 0.6 is 15.9 Å². The van der Waals surface area contributed by atoms with Crippen molar-refractivity contribution in [1.29, 1.82) is 0 Å². The van der Waals surface area contributed by atoms with Crippen molar-refractivity contribution in [2.45, 2.75) is 25.8 Å². The summed E-state index contributed by atoms with van der Waals surface area (Å²) in [5, 5.41) is 11.9. The van der Waals surface area contributed by atoms with Crippen LogP contribution < -0.4 is 11.1 Å². The second-order valence-electron chi connectivity index (χ2n) is 5.36. The fraction of sp³-hybridized carbons (Fsp3) is 0.333. The summed E-state index contributed by atoms with van der Waals surface area (Å²) >= 11 is 3.46. The molecule has 0 atom stereocenters. The number of rotatable bonds is 5. The fourth-order valence-corrected chi connectivity index (χ4v) is 2.37. The number of hydrogen-bond acceptors (Lipinski definition) is 4. The van der Waals surface area contributed by atoms with Crippen molar-refractivity contribution in [3.63, 3.8) is 0 Å². The minimum absolute atomic E-state index is 0.0826. The molecule has 0 aliphatic carbocycles. The van der Waals surface area contributed by atoms with Crippen LogP contribution in [0.5, 0.6) is 0 Å². The molecule has 0 saturated heterocycles. The standard InChI is InChI=1S/C15H19BrN4/c1-15(2,8-9-17)18-14-7-6-13(19-20-14)11-4-3-5-12(16)10-11/h3-7,10H,8-9,17H2,1-2H3,(H,18,20). The third-order valence-corrected chi connectivity index (χ3v) is 3.51. The van der Waals surface area contributed by atoms with Crippen molar-refractivity contribution in [1.82, 2.24) is 10.2 Å². The van der Waals surface area contributed by atoms with Crippen LogP contribution in [-0.2, 0) is 0 Å². The lowest BCUT2D eigenvalue weighted by Gasteiger charge is -2.25. The van der Waals surface area contributed by atoms with Crippen LogP contribution in [0.1, 0.15) is 20.3 Å².